The summed E-state index contributed by atoms with van der Waals surface area (Å²) in [6, 6.07) is 13.3. The average molecular weight is 553 g/mol. The lowest BCUT2D eigenvalue weighted by molar-refractivity contribution is -0.144. The van der Waals surface area contributed by atoms with Crippen molar-refractivity contribution >= 4 is 35.4 Å². The Morgan fingerprint density at radius 3 is 2.59 bits per heavy atom. The van der Waals surface area contributed by atoms with E-state index in [-0.39, 0.29) is 24.8 Å². The van der Waals surface area contributed by atoms with Crippen LogP contribution in [0.15, 0.2) is 54.6 Å². The third kappa shape index (κ3) is 7.19. The molecule has 1 saturated carbocycles. The first-order valence-corrected chi connectivity index (χ1v) is 13.9. The zero-order chi connectivity index (χ0) is 27.8. The third-order valence-electron chi connectivity index (χ3n) is 7.54. The summed E-state index contributed by atoms with van der Waals surface area (Å²) in [6.45, 7) is 2.84. The predicted molar refractivity (Wildman–Crippen MR) is 153 cm³/mol. The maximum Gasteiger partial charge on any atom is 0.243 e. The van der Waals surface area contributed by atoms with Gasteiger partial charge in [-0.2, -0.15) is 0 Å². The second kappa shape index (κ2) is 13.1. The van der Waals surface area contributed by atoms with Gasteiger partial charge >= 0.3 is 0 Å². The molecule has 4 rings (SSSR count). The van der Waals surface area contributed by atoms with Crippen molar-refractivity contribution in [2.45, 2.75) is 56.7 Å². The van der Waals surface area contributed by atoms with Gasteiger partial charge in [0, 0.05) is 37.1 Å². The number of rotatable bonds is 2. The number of fused-ring (bicyclic) bond motifs is 1. The van der Waals surface area contributed by atoms with Crippen molar-refractivity contribution in [3.05, 3.63) is 70.8 Å². The number of carbonyl (C=O) groups is 3. The Hall–Kier alpha value is -3.36. The molecule has 3 N–H and O–H groups in total. The number of nitrogens with one attached hydrogen (secondary N) is 3. The number of para-hydroxylation sites is 1. The van der Waals surface area contributed by atoms with Crippen LogP contribution < -0.4 is 20.7 Å². The van der Waals surface area contributed by atoms with Crippen LogP contribution in [0.25, 0.3) is 6.08 Å². The number of ether oxygens (including phenoxy) is 1. The fraction of sp³-hybridized carbons (Fsp3) is 0.433. The van der Waals surface area contributed by atoms with Gasteiger partial charge in [-0.1, -0.05) is 66.9 Å². The van der Waals surface area contributed by atoms with Crippen LogP contribution in [0.2, 0.25) is 5.02 Å². The van der Waals surface area contributed by atoms with Crippen molar-refractivity contribution in [1.29, 1.82) is 0 Å². The van der Waals surface area contributed by atoms with E-state index in [9.17, 15) is 14.4 Å². The van der Waals surface area contributed by atoms with Crippen LogP contribution >= 0.6 is 11.6 Å². The van der Waals surface area contributed by atoms with Crippen molar-refractivity contribution in [1.82, 2.24) is 20.9 Å². The van der Waals surface area contributed by atoms with E-state index in [4.69, 9.17) is 16.3 Å². The maximum atomic E-state index is 13.7. The topological polar surface area (TPSA) is 99.8 Å². The Morgan fingerprint density at radius 2 is 1.82 bits per heavy atom. The summed E-state index contributed by atoms with van der Waals surface area (Å²) in [5, 5.41) is 9.78. The van der Waals surface area contributed by atoms with E-state index in [2.05, 4.69) is 16.0 Å². The first-order valence-electron chi connectivity index (χ1n) is 13.5. The number of amides is 3. The molecular weight excluding hydrogens is 516 g/mol. The van der Waals surface area contributed by atoms with Gasteiger partial charge in [0.1, 0.15) is 24.4 Å². The molecule has 39 heavy (non-hydrogen) atoms. The monoisotopic (exact) mass is 552 g/mol. The smallest absolute Gasteiger partial charge is 0.243 e. The van der Waals surface area contributed by atoms with Crippen LogP contribution in [0, 0.1) is 0 Å². The number of likely N-dealkylation sites (N-methyl/N-ethyl adjacent to an activating group) is 1. The Morgan fingerprint density at radius 1 is 1.05 bits per heavy atom. The number of hydrogen-bond donors (Lipinski definition) is 3. The van der Waals surface area contributed by atoms with E-state index in [0.29, 0.717) is 31.0 Å². The highest BCUT2D eigenvalue weighted by Gasteiger charge is 2.44. The third-order valence-corrected chi connectivity index (χ3v) is 7.78. The Labute approximate surface area is 235 Å². The van der Waals surface area contributed by atoms with Gasteiger partial charge in [0.15, 0.2) is 0 Å². The van der Waals surface area contributed by atoms with Gasteiger partial charge in [-0.3, -0.25) is 19.7 Å². The van der Waals surface area contributed by atoms with Crippen molar-refractivity contribution in [2.75, 3.05) is 26.7 Å². The van der Waals surface area contributed by atoms with Crippen LogP contribution in [-0.4, -0.2) is 67.0 Å². The largest absolute Gasteiger partial charge is 0.492 e. The van der Waals surface area contributed by atoms with Crippen molar-refractivity contribution in [3.63, 3.8) is 0 Å². The molecule has 0 unspecified atom stereocenters. The second-order valence-electron chi connectivity index (χ2n) is 10.2. The minimum atomic E-state index is -0.844. The van der Waals surface area contributed by atoms with Gasteiger partial charge in [0.05, 0.1) is 5.54 Å². The molecule has 0 bridgehead atoms. The maximum absolute atomic E-state index is 13.7. The second-order valence-corrected chi connectivity index (χ2v) is 10.7. The first kappa shape index (κ1) is 28.6. The molecule has 0 aromatic heterocycles. The quantitative estimate of drug-likeness (QED) is 0.531. The van der Waals surface area contributed by atoms with Crippen molar-refractivity contribution in [2.24, 2.45) is 0 Å². The van der Waals surface area contributed by atoms with Gasteiger partial charge in [-0.25, -0.2) is 0 Å². The van der Waals surface area contributed by atoms with E-state index in [0.717, 1.165) is 29.7 Å². The van der Waals surface area contributed by atoms with Gasteiger partial charge in [-0.15, -0.1) is 0 Å². The standard InChI is InChI=1S/C30H37ClN4O4/c1-21-27(36)34-25(20-22-9-7-12-24(31)19-22)28(37)32-16-8-11-23-10-3-4-13-26(23)39-18-17-33-30(14-5-6-15-30)29(38)35(21)2/h3-4,7-13,19,21,25,33H,5-6,14-18,20H2,1-2H3,(H,32,37)(H,34,36)/b11-8-/t21-,25+/m0/s1. The molecule has 1 aliphatic carbocycles. The minimum absolute atomic E-state index is 0.122. The molecular formula is C30H37ClN4O4. The van der Waals surface area contributed by atoms with E-state index in [1.54, 1.807) is 26.1 Å². The Kier molecular flexibility index (Phi) is 9.64. The molecule has 2 aromatic carbocycles. The summed E-state index contributed by atoms with van der Waals surface area (Å²) in [6.07, 6.45) is 7.27. The van der Waals surface area contributed by atoms with E-state index in [1.807, 2.05) is 48.6 Å². The van der Waals surface area contributed by atoms with E-state index < -0.39 is 23.5 Å². The molecule has 0 radical (unpaired) electrons. The molecule has 0 saturated heterocycles. The first-order chi connectivity index (χ1) is 18.8. The molecule has 208 valence electrons. The summed E-state index contributed by atoms with van der Waals surface area (Å²) in [7, 11) is 1.65. The molecule has 1 heterocycles. The summed E-state index contributed by atoms with van der Waals surface area (Å²) in [4.78, 5) is 41.8. The van der Waals surface area contributed by atoms with Crippen molar-refractivity contribution in [3.8, 4) is 5.75 Å². The van der Waals surface area contributed by atoms with Crippen LogP contribution in [0.4, 0.5) is 0 Å². The lowest BCUT2D eigenvalue weighted by Crippen LogP contribution is -2.61. The lowest BCUT2D eigenvalue weighted by Gasteiger charge is -2.36. The van der Waals surface area contributed by atoms with Gasteiger partial charge < -0.3 is 20.3 Å². The Bertz CT molecular complexity index is 1210. The molecule has 1 spiro atoms. The number of nitrogens with zero attached hydrogens (tertiary/aromatic N) is 1. The molecule has 1 aliphatic heterocycles. The van der Waals surface area contributed by atoms with Gasteiger partial charge in [0.25, 0.3) is 0 Å². The van der Waals surface area contributed by atoms with E-state index >= 15 is 0 Å². The van der Waals surface area contributed by atoms with Gasteiger partial charge in [0.2, 0.25) is 17.7 Å². The van der Waals surface area contributed by atoms with Gasteiger partial charge in [-0.05, 0) is 43.5 Å². The van der Waals surface area contributed by atoms with Crippen LogP contribution in [-0.2, 0) is 20.8 Å². The number of halogens is 1. The zero-order valence-corrected chi connectivity index (χ0v) is 23.3. The Balaban J connectivity index is 1.61. The zero-order valence-electron chi connectivity index (χ0n) is 22.5. The SMILES string of the molecule is C[C@H]1C(=O)N[C@H](Cc2cccc(Cl)c2)C(=O)NC/C=C\c2ccccc2OCCNC2(CCCC2)C(=O)N1C. The van der Waals surface area contributed by atoms with Crippen molar-refractivity contribution < 1.29 is 19.1 Å². The molecule has 9 heteroatoms. The highest BCUT2D eigenvalue weighted by Crippen LogP contribution is 2.32. The van der Waals surface area contributed by atoms with Crippen LogP contribution in [0.5, 0.6) is 5.75 Å². The summed E-state index contributed by atoms with van der Waals surface area (Å²) < 4.78 is 6.05. The number of benzene rings is 2. The molecule has 2 aliphatic rings. The lowest BCUT2D eigenvalue weighted by atomic mass is 9.94. The minimum Gasteiger partial charge on any atom is -0.492 e. The summed E-state index contributed by atoms with van der Waals surface area (Å²) >= 11 is 6.16. The summed E-state index contributed by atoms with van der Waals surface area (Å²) in [5.41, 5.74) is 0.962. The van der Waals surface area contributed by atoms with E-state index in [1.165, 1.54) is 4.90 Å². The fourth-order valence-corrected chi connectivity index (χ4v) is 5.42. The highest BCUT2D eigenvalue weighted by atomic mass is 35.5. The molecule has 2 aromatic rings. The molecule has 8 nitrogen and oxygen atoms in total. The fourth-order valence-electron chi connectivity index (χ4n) is 5.20. The summed E-state index contributed by atoms with van der Waals surface area (Å²) in [5.74, 6) is -0.113. The van der Waals surface area contributed by atoms with Crippen LogP contribution in [0.3, 0.4) is 0 Å². The number of carbonyl (C=O) groups excluding carboxylic acids is 3. The normalized spacial score (nSPS) is 23.7. The predicted octanol–water partition coefficient (Wildman–Crippen LogP) is 3.34. The molecule has 1 fully saturated rings. The number of hydrogen-bond acceptors (Lipinski definition) is 5. The molecule has 2 atom stereocenters. The van der Waals surface area contributed by atoms with Crippen LogP contribution in [0.1, 0.15) is 43.7 Å². The molecule has 3 amide bonds. The highest BCUT2D eigenvalue weighted by molar-refractivity contribution is 6.30. The average Bonchev–Trinajstić information content (AvgIpc) is 3.42.